The first-order valence-corrected chi connectivity index (χ1v) is 6.21. The molecular formula is C14H18O3. The number of aliphatic hydroxyl groups excluding tert-OH is 2. The summed E-state index contributed by atoms with van der Waals surface area (Å²) in [5.41, 5.74) is 3.96. The van der Waals surface area contributed by atoms with Gasteiger partial charge in [-0.25, -0.2) is 0 Å². The van der Waals surface area contributed by atoms with Gasteiger partial charge in [0, 0.05) is 0 Å². The van der Waals surface area contributed by atoms with Crippen LogP contribution in [-0.2, 0) is 30.0 Å². The molecule has 0 radical (unpaired) electrons. The molecule has 0 spiro atoms. The van der Waals surface area contributed by atoms with Crippen molar-refractivity contribution in [3.05, 3.63) is 34.4 Å². The molecule has 0 amide bonds. The molecule has 1 aromatic carbocycles. The number of aliphatic hydroxyl groups is 2. The van der Waals surface area contributed by atoms with Crippen molar-refractivity contribution in [3.8, 4) is 0 Å². The molecule has 0 aliphatic carbocycles. The zero-order valence-corrected chi connectivity index (χ0v) is 10.1. The van der Waals surface area contributed by atoms with Crippen LogP contribution in [0.5, 0.6) is 0 Å². The number of fused-ring (bicyclic) bond motifs is 4. The summed E-state index contributed by atoms with van der Waals surface area (Å²) in [5.74, 6) is 0. The lowest BCUT2D eigenvalue weighted by atomic mass is 9.86. The van der Waals surface area contributed by atoms with Gasteiger partial charge in [-0.1, -0.05) is 6.07 Å². The largest absolute Gasteiger partial charge is 0.392 e. The zero-order chi connectivity index (χ0) is 12.0. The first-order valence-electron chi connectivity index (χ1n) is 6.21. The highest BCUT2D eigenvalue weighted by molar-refractivity contribution is 5.43. The fraction of sp³-hybridized carbons (Fsp3) is 0.571. The molecule has 0 saturated carbocycles. The van der Waals surface area contributed by atoms with Crippen LogP contribution in [0.25, 0.3) is 0 Å². The van der Waals surface area contributed by atoms with Gasteiger partial charge in [-0.3, -0.25) is 0 Å². The number of ether oxygens (including phenoxy) is 1. The Kier molecular flexibility index (Phi) is 2.51. The van der Waals surface area contributed by atoms with Crippen LogP contribution in [0.3, 0.4) is 0 Å². The Morgan fingerprint density at radius 1 is 1.29 bits per heavy atom. The maximum atomic E-state index is 9.35. The van der Waals surface area contributed by atoms with Crippen LogP contribution in [0.2, 0.25) is 0 Å². The minimum atomic E-state index is -0.184. The molecule has 2 aliphatic rings. The summed E-state index contributed by atoms with van der Waals surface area (Å²) >= 11 is 0. The van der Waals surface area contributed by atoms with Gasteiger partial charge in [0.15, 0.2) is 0 Å². The Bertz CT molecular complexity index is 455. The first kappa shape index (κ1) is 11.2. The summed E-state index contributed by atoms with van der Waals surface area (Å²) in [6, 6.07) is 4.06. The van der Waals surface area contributed by atoms with E-state index in [2.05, 4.69) is 6.92 Å². The zero-order valence-electron chi connectivity index (χ0n) is 10.1. The maximum Gasteiger partial charge on any atom is 0.0910 e. The molecule has 2 N–H and O–H groups in total. The lowest BCUT2D eigenvalue weighted by Gasteiger charge is -2.33. The van der Waals surface area contributed by atoms with Gasteiger partial charge in [0.25, 0.3) is 0 Å². The highest BCUT2D eigenvalue weighted by Crippen LogP contribution is 2.46. The van der Waals surface area contributed by atoms with Gasteiger partial charge < -0.3 is 14.9 Å². The predicted molar refractivity (Wildman–Crippen MR) is 63.5 cm³/mol. The van der Waals surface area contributed by atoms with E-state index >= 15 is 0 Å². The Balaban J connectivity index is 2.15. The van der Waals surface area contributed by atoms with E-state index in [-0.39, 0.29) is 18.8 Å². The quantitative estimate of drug-likeness (QED) is 0.817. The second kappa shape index (κ2) is 3.80. The van der Waals surface area contributed by atoms with Crippen molar-refractivity contribution in [2.45, 2.75) is 51.1 Å². The van der Waals surface area contributed by atoms with Crippen molar-refractivity contribution < 1.29 is 14.9 Å². The average Bonchev–Trinajstić information content (AvgIpc) is 2.65. The molecule has 3 rings (SSSR count). The van der Waals surface area contributed by atoms with E-state index in [1.165, 1.54) is 11.1 Å². The summed E-state index contributed by atoms with van der Waals surface area (Å²) in [4.78, 5) is 0. The molecular weight excluding hydrogens is 216 g/mol. The Hall–Kier alpha value is -0.900. The first-order chi connectivity index (χ1) is 8.16. The van der Waals surface area contributed by atoms with Crippen LogP contribution in [-0.4, -0.2) is 16.3 Å². The fourth-order valence-electron chi connectivity index (χ4n) is 3.21. The van der Waals surface area contributed by atoms with E-state index in [0.717, 1.165) is 30.4 Å². The number of benzene rings is 1. The molecule has 2 aliphatic heterocycles. The highest BCUT2D eigenvalue weighted by atomic mass is 16.5. The topological polar surface area (TPSA) is 49.7 Å². The number of hydrogen-bond acceptors (Lipinski definition) is 3. The Morgan fingerprint density at radius 3 is 2.71 bits per heavy atom. The van der Waals surface area contributed by atoms with E-state index in [4.69, 9.17) is 4.74 Å². The van der Waals surface area contributed by atoms with Crippen molar-refractivity contribution in [3.63, 3.8) is 0 Å². The van der Waals surface area contributed by atoms with Crippen molar-refractivity contribution in [2.75, 3.05) is 0 Å². The Morgan fingerprint density at radius 2 is 2.00 bits per heavy atom. The summed E-state index contributed by atoms with van der Waals surface area (Å²) < 4.78 is 6.04. The van der Waals surface area contributed by atoms with Gasteiger partial charge in [0.1, 0.15) is 0 Å². The van der Waals surface area contributed by atoms with Crippen molar-refractivity contribution >= 4 is 0 Å². The van der Waals surface area contributed by atoms with E-state index in [0.29, 0.717) is 6.10 Å². The molecule has 2 heterocycles. The predicted octanol–water partition coefficient (Wildman–Crippen LogP) is 1.62. The molecule has 0 aromatic heterocycles. The monoisotopic (exact) mass is 234 g/mol. The van der Waals surface area contributed by atoms with Crippen LogP contribution in [0.1, 0.15) is 42.0 Å². The molecule has 17 heavy (non-hydrogen) atoms. The van der Waals surface area contributed by atoms with Gasteiger partial charge in [0.2, 0.25) is 0 Å². The lowest BCUT2D eigenvalue weighted by Crippen LogP contribution is -2.30. The third kappa shape index (κ3) is 1.61. The minimum absolute atomic E-state index is 0.00852. The van der Waals surface area contributed by atoms with Crippen LogP contribution in [0.4, 0.5) is 0 Å². The lowest BCUT2D eigenvalue weighted by molar-refractivity contribution is -0.0439. The standard InChI is InChI=1S/C14H18O3/c1-14-3-2-12(17-14)5-9-4-10(7-15)11(8-16)6-13(9)14/h4,6,12,15-16H,2-3,5,7-8H2,1H3. The smallest absolute Gasteiger partial charge is 0.0910 e. The second-order valence-corrected chi connectivity index (χ2v) is 5.31. The fourth-order valence-corrected chi connectivity index (χ4v) is 3.21. The summed E-state index contributed by atoms with van der Waals surface area (Å²) in [7, 11) is 0. The van der Waals surface area contributed by atoms with E-state index in [1.54, 1.807) is 0 Å². The number of rotatable bonds is 2. The summed E-state index contributed by atoms with van der Waals surface area (Å²) in [5, 5.41) is 18.7. The highest BCUT2D eigenvalue weighted by Gasteiger charge is 2.43. The van der Waals surface area contributed by atoms with Gasteiger partial charge in [-0.15, -0.1) is 0 Å². The van der Waals surface area contributed by atoms with Crippen LogP contribution < -0.4 is 0 Å². The van der Waals surface area contributed by atoms with Crippen molar-refractivity contribution in [1.82, 2.24) is 0 Å². The Labute approximate surface area is 101 Å². The second-order valence-electron chi connectivity index (χ2n) is 5.31. The maximum absolute atomic E-state index is 9.35. The van der Waals surface area contributed by atoms with Crippen LogP contribution >= 0.6 is 0 Å². The van der Waals surface area contributed by atoms with Gasteiger partial charge in [-0.05, 0) is 54.5 Å². The molecule has 1 saturated heterocycles. The number of hydrogen-bond donors (Lipinski definition) is 2. The molecule has 3 nitrogen and oxygen atoms in total. The van der Waals surface area contributed by atoms with Gasteiger partial charge >= 0.3 is 0 Å². The third-order valence-corrected chi connectivity index (χ3v) is 4.15. The van der Waals surface area contributed by atoms with Crippen LogP contribution in [0.15, 0.2) is 12.1 Å². The van der Waals surface area contributed by atoms with E-state index in [1.807, 2.05) is 12.1 Å². The molecule has 1 fully saturated rings. The normalized spacial score (nSPS) is 30.4. The molecule has 3 heteroatoms. The van der Waals surface area contributed by atoms with Gasteiger partial charge in [0.05, 0.1) is 24.9 Å². The van der Waals surface area contributed by atoms with Crippen LogP contribution in [0, 0.1) is 0 Å². The molecule has 2 bridgehead atoms. The SMILES string of the molecule is CC12CCC(Cc3cc(CO)c(CO)cc31)O2. The molecule has 2 atom stereocenters. The van der Waals surface area contributed by atoms with Gasteiger partial charge in [-0.2, -0.15) is 0 Å². The van der Waals surface area contributed by atoms with E-state index < -0.39 is 0 Å². The molecule has 1 aromatic rings. The summed E-state index contributed by atoms with van der Waals surface area (Å²) in [6.45, 7) is 2.10. The minimum Gasteiger partial charge on any atom is -0.392 e. The average molecular weight is 234 g/mol. The third-order valence-electron chi connectivity index (χ3n) is 4.15. The molecule has 92 valence electrons. The van der Waals surface area contributed by atoms with Crippen molar-refractivity contribution in [2.24, 2.45) is 0 Å². The van der Waals surface area contributed by atoms with Crippen molar-refractivity contribution in [1.29, 1.82) is 0 Å². The summed E-state index contributed by atoms with van der Waals surface area (Å²) in [6.07, 6.45) is 3.42. The van der Waals surface area contributed by atoms with E-state index in [9.17, 15) is 10.2 Å². The molecule has 2 unspecified atom stereocenters.